The highest BCUT2D eigenvalue weighted by atomic mass is 35.5. The normalized spacial score (nSPS) is 10.6. The fourth-order valence-electron chi connectivity index (χ4n) is 1.08. The fourth-order valence-corrected chi connectivity index (χ4v) is 1.34. The van der Waals surface area contributed by atoms with Gasteiger partial charge in [0.05, 0.1) is 17.7 Å². The number of carbonyl (C=O) groups is 1. The number of pyridine rings is 1. The number of hydrogen-bond donors (Lipinski definition) is 0. The lowest BCUT2D eigenvalue weighted by Crippen LogP contribution is -2.10. The molecule has 0 aliphatic heterocycles. The van der Waals surface area contributed by atoms with E-state index in [-0.39, 0.29) is 6.61 Å². The lowest BCUT2D eigenvalue weighted by Gasteiger charge is -2.09. The van der Waals surface area contributed by atoms with Crippen LogP contribution in [-0.2, 0) is 4.74 Å². The van der Waals surface area contributed by atoms with Crippen LogP contribution in [0.15, 0.2) is 6.07 Å². The molecule has 0 spiro atoms. The zero-order chi connectivity index (χ0) is 12.3. The number of esters is 1. The molecule has 0 saturated carbocycles. The van der Waals surface area contributed by atoms with Gasteiger partial charge < -0.3 is 4.74 Å². The van der Waals surface area contributed by atoms with Gasteiger partial charge in [-0.1, -0.05) is 11.6 Å². The van der Waals surface area contributed by atoms with Crippen LogP contribution in [0.1, 0.15) is 29.3 Å². The summed E-state index contributed by atoms with van der Waals surface area (Å²) in [5.41, 5.74) is -1.42. The lowest BCUT2D eigenvalue weighted by atomic mass is 10.1. The standard InChI is InChI=1S/C9H7ClF3NO2/c1-2-16-9(15)4-3-5(11)14-7(10)6(4)8(12)13/h3,8H,2H2,1H3. The van der Waals surface area contributed by atoms with Crippen LogP contribution in [0.2, 0.25) is 5.15 Å². The van der Waals surface area contributed by atoms with Gasteiger partial charge in [-0.2, -0.15) is 4.39 Å². The van der Waals surface area contributed by atoms with E-state index in [1.54, 1.807) is 0 Å². The summed E-state index contributed by atoms with van der Waals surface area (Å²) < 4.78 is 42.5. The van der Waals surface area contributed by atoms with Gasteiger partial charge in [-0.05, 0) is 6.92 Å². The van der Waals surface area contributed by atoms with Crippen LogP contribution in [0, 0.1) is 5.95 Å². The largest absolute Gasteiger partial charge is 0.462 e. The summed E-state index contributed by atoms with van der Waals surface area (Å²) in [6.07, 6.45) is -3.03. The van der Waals surface area contributed by atoms with Gasteiger partial charge in [0.1, 0.15) is 5.15 Å². The second-order valence-corrected chi connectivity index (χ2v) is 3.08. The van der Waals surface area contributed by atoms with Gasteiger partial charge in [0.25, 0.3) is 6.43 Å². The Morgan fingerprint density at radius 1 is 1.62 bits per heavy atom. The second-order valence-electron chi connectivity index (χ2n) is 2.72. The van der Waals surface area contributed by atoms with Crippen LogP contribution in [0.25, 0.3) is 0 Å². The Kier molecular flexibility index (Phi) is 4.12. The molecule has 0 aliphatic rings. The Morgan fingerprint density at radius 2 is 2.25 bits per heavy atom. The van der Waals surface area contributed by atoms with Crippen molar-refractivity contribution in [2.24, 2.45) is 0 Å². The van der Waals surface area contributed by atoms with Crippen molar-refractivity contribution in [3.05, 3.63) is 28.3 Å². The molecular weight excluding hydrogens is 247 g/mol. The fraction of sp³-hybridized carbons (Fsp3) is 0.333. The summed E-state index contributed by atoms with van der Waals surface area (Å²) >= 11 is 5.34. The molecule has 7 heteroatoms. The maximum absolute atomic E-state index is 12.8. The van der Waals surface area contributed by atoms with Crippen molar-refractivity contribution in [3.63, 3.8) is 0 Å². The zero-order valence-electron chi connectivity index (χ0n) is 8.14. The summed E-state index contributed by atoms with van der Waals surface area (Å²) in [7, 11) is 0. The minimum absolute atomic E-state index is 0.0108. The van der Waals surface area contributed by atoms with Crippen molar-refractivity contribution in [2.45, 2.75) is 13.3 Å². The van der Waals surface area contributed by atoms with Crippen molar-refractivity contribution < 1.29 is 22.7 Å². The molecule has 0 aliphatic carbocycles. The number of carbonyl (C=O) groups excluding carboxylic acids is 1. The minimum atomic E-state index is -3.03. The molecule has 0 amide bonds. The molecule has 16 heavy (non-hydrogen) atoms. The maximum Gasteiger partial charge on any atom is 0.338 e. The van der Waals surface area contributed by atoms with E-state index in [2.05, 4.69) is 9.72 Å². The van der Waals surface area contributed by atoms with Crippen LogP contribution in [0.5, 0.6) is 0 Å². The number of hydrogen-bond acceptors (Lipinski definition) is 3. The van der Waals surface area contributed by atoms with E-state index in [0.29, 0.717) is 6.07 Å². The lowest BCUT2D eigenvalue weighted by molar-refractivity contribution is 0.0514. The highest BCUT2D eigenvalue weighted by Crippen LogP contribution is 2.29. The van der Waals surface area contributed by atoms with Crippen LogP contribution in [0.4, 0.5) is 13.2 Å². The SMILES string of the molecule is CCOC(=O)c1cc(F)nc(Cl)c1C(F)F. The third-order valence-corrected chi connectivity index (χ3v) is 1.98. The number of rotatable bonds is 3. The molecule has 0 atom stereocenters. The summed E-state index contributed by atoms with van der Waals surface area (Å²) in [4.78, 5) is 14.3. The summed E-state index contributed by atoms with van der Waals surface area (Å²) in [6, 6.07) is 0.575. The number of ether oxygens (including phenoxy) is 1. The van der Waals surface area contributed by atoms with Gasteiger partial charge in [0, 0.05) is 6.07 Å². The summed E-state index contributed by atoms with van der Waals surface area (Å²) in [6.45, 7) is 1.49. The van der Waals surface area contributed by atoms with Crippen molar-refractivity contribution in [1.82, 2.24) is 4.98 Å². The van der Waals surface area contributed by atoms with E-state index in [0.717, 1.165) is 0 Å². The van der Waals surface area contributed by atoms with Crippen molar-refractivity contribution >= 4 is 17.6 Å². The van der Waals surface area contributed by atoms with E-state index >= 15 is 0 Å². The topological polar surface area (TPSA) is 39.2 Å². The first kappa shape index (κ1) is 12.8. The summed E-state index contributed by atoms with van der Waals surface area (Å²) in [5, 5.41) is -0.738. The van der Waals surface area contributed by atoms with E-state index in [1.165, 1.54) is 6.92 Å². The number of alkyl halides is 2. The van der Waals surface area contributed by atoms with Gasteiger partial charge in [-0.15, -0.1) is 0 Å². The molecule has 0 radical (unpaired) electrons. The molecule has 0 unspecified atom stereocenters. The predicted octanol–water partition coefficient (Wildman–Crippen LogP) is 2.99. The van der Waals surface area contributed by atoms with Crippen LogP contribution in [-0.4, -0.2) is 17.6 Å². The first-order valence-corrected chi connectivity index (χ1v) is 4.66. The molecule has 1 aromatic heterocycles. The Balaban J connectivity index is 3.29. The number of nitrogens with zero attached hydrogens (tertiary/aromatic N) is 1. The first-order chi connectivity index (χ1) is 7.47. The highest BCUT2D eigenvalue weighted by Gasteiger charge is 2.24. The van der Waals surface area contributed by atoms with E-state index < -0.39 is 34.6 Å². The van der Waals surface area contributed by atoms with E-state index in [4.69, 9.17) is 11.6 Å². The second kappa shape index (κ2) is 5.16. The van der Waals surface area contributed by atoms with Gasteiger partial charge in [-0.25, -0.2) is 18.6 Å². The van der Waals surface area contributed by atoms with Gasteiger partial charge >= 0.3 is 5.97 Å². The van der Waals surface area contributed by atoms with Gasteiger partial charge in [0.2, 0.25) is 5.95 Å². The average Bonchev–Trinajstić information content (AvgIpc) is 2.15. The van der Waals surface area contributed by atoms with Crippen LogP contribution in [0.3, 0.4) is 0 Å². The van der Waals surface area contributed by atoms with Crippen molar-refractivity contribution in [1.29, 1.82) is 0 Å². The Bertz CT molecular complexity index is 412. The molecule has 1 heterocycles. The molecule has 0 aromatic carbocycles. The molecule has 0 saturated heterocycles. The maximum atomic E-state index is 12.8. The minimum Gasteiger partial charge on any atom is -0.462 e. The Labute approximate surface area is 94.2 Å². The van der Waals surface area contributed by atoms with Crippen molar-refractivity contribution in [3.8, 4) is 0 Å². The predicted molar refractivity (Wildman–Crippen MR) is 50.1 cm³/mol. The molecule has 0 N–H and O–H groups in total. The molecular formula is C9H7ClF3NO2. The van der Waals surface area contributed by atoms with E-state index in [9.17, 15) is 18.0 Å². The Morgan fingerprint density at radius 3 is 2.75 bits per heavy atom. The van der Waals surface area contributed by atoms with E-state index in [1.807, 2.05) is 0 Å². The molecule has 1 aromatic rings. The average molecular weight is 254 g/mol. The smallest absolute Gasteiger partial charge is 0.338 e. The molecule has 1 rings (SSSR count). The highest BCUT2D eigenvalue weighted by molar-refractivity contribution is 6.30. The van der Waals surface area contributed by atoms with Crippen LogP contribution < -0.4 is 0 Å². The monoisotopic (exact) mass is 253 g/mol. The third kappa shape index (κ3) is 2.63. The van der Waals surface area contributed by atoms with Gasteiger partial charge in [0.15, 0.2) is 0 Å². The number of halogens is 4. The molecule has 3 nitrogen and oxygen atoms in total. The quantitative estimate of drug-likeness (QED) is 0.614. The first-order valence-electron chi connectivity index (χ1n) is 4.28. The van der Waals surface area contributed by atoms with Crippen LogP contribution >= 0.6 is 11.6 Å². The molecule has 88 valence electrons. The van der Waals surface area contributed by atoms with Gasteiger partial charge in [-0.3, -0.25) is 0 Å². The molecule has 0 bridgehead atoms. The number of aromatic nitrogens is 1. The molecule has 0 fully saturated rings. The summed E-state index contributed by atoms with van der Waals surface area (Å²) in [5.74, 6) is -2.17. The Hall–Kier alpha value is -1.30. The third-order valence-electron chi connectivity index (χ3n) is 1.69. The van der Waals surface area contributed by atoms with Crippen molar-refractivity contribution in [2.75, 3.05) is 6.61 Å². The zero-order valence-corrected chi connectivity index (χ0v) is 8.89.